The van der Waals surface area contributed by atoms with Crippen LogP contribution in [0.1, 0.15) is 19.4 Å². The van der Waals surface area contributed by atoms with E-state index >= 15 is 0 Å². The summed E-state index contributed by atoms with van der Waals surface area (Å²) in [7, 11) is -2.98. The molecule has 1 heterocycles. The molecule has 0 bridgehead atoms. The minimum atomic E-state index is -2.98. The summed E-state index contributed by atoms with van der Waals surface area (Å²) in [5, 5.41) is -0.312. The van der Waals surface area contributed by atoms with Crippen LogP contribution >= 0.6 is 0 Å². The number of nitrogens with two attached hydrogens (primary N) is 1. The molecule has 0 radical (unpaired) electrons. The largest absolute Gasteiger partial charge is 0.397 e. The van der Waals surface area contributed by atoms with Gasteiger partial charge in [-0.1, -0.05) is 12.1 Å². The SMILES string of the molecule is CC(C)S(=O)(=O)CCN1CCc2cccc(N)c21. The van der Waals surface area contributed by atoms with Gasteiger partial charge in [-0.2, -0.15) is 0 Å². The number of sulfone groups is 1. The molecule has 1 aliphatic heterocycles. The number of nitrogens with zero attached hydrogens (tertiary/aromatic N) is 1. The Balaban J connectivity index is 2.12. The first-order chi connectivity index (χ1) is 8.42. The van der Waals surface area contributed by atoms with E-state index < -0.39 is 9.84 Å². The van der Waals surface area contributed by atoms with E-state index in [-0.39, 0.29) is 11.0 Å². The second-order valence-corrected chi connectivity index (χ2v) is 7.68. The highest BCUT2D eigenvalue weighted by molar-refractivity contribution is 7.92. The van der Waals surface area contributed by atoms with Crippen LogP contribution in [-0.2, 0) is 16.3 Å². The minimum Gasteiger partial charge on any atom is -0.397 e. The number of anilines is 2. The second-order valence-electron chi connectivity index (χ2n) is 5.01. The molecule has 2 N–H and O–H groups in total. The highest BCUT2D eigenvalue weighted by Gasteiger charge is 2.24. The zero-order chi connectivity index (χ0) is 13.3. The van der Waals surface area contributed by atoms with E-state index in [1.165, 1.54) is 5.56 Å². The Labute approximate surface area is 109 Å². The van der Waals surface area contributed by atoms with Gasteiger partial charge >= 0.3 is 0 Å². The Hall–Kier alpha value is -1.23. The number of rotatable bonds is 4. The van der Waals surface area contributed by atoms with Gasteiger partial charge in [-0.3, -0.25) is 0 Å². The van der Waals surface area contributed by atoms with E-state index in [4.69, 9.17) is 5.73 Å². The lowest BCUT2D eigenvalue weighted by molar-refractivity contribution is 0.586. The molecule has 4 nitrogen and oxygen atoms in total. The van der Waals surface area contributed by atoms with Gasteiger partial charge in [-0.25, -0.2) is 8.42 Å². The van der Waals surface area contributed by atoms with Crippen molar-refractivity contribution in [2.24, 2.45) is 0 Å². The van der Waals surface area contributed by atoms with Gasteiger partial charge in [0.25, 0.3) is 0 Å². The third-order valence-electron chi connectivity index (χ3n) is 3.48. The van der Waals surface area contributed by atoms with Crippen molar-refractivity contribution in [2.45, 2.75) is 25.5 Å². The molecular formula is C13H20N2O2S. The molecule has 0 saturated carbocycles. The van der Waals surface area contributed by atoms with Crippen LogP contribution < -0.4 is 10.6 Å². The summed E-state index contributed by atoms with van der Waals surface area (Å²) in [6.07, 6.45) is 0.947. The van der Waals surface area contributed by atoms with E-state index in [2.05, 4.69) is 11.0 Å². The Kier molecular flexibility index (Phi) is 3.52. The van der Waals surface area contributed by atoms with E-state index in [1.807, 2.05) is 12.1 Å². The van der Waals surface area contributed by atoms with Gasteiger partial charge < -0.3 is 10.6 Å². The molecule has 1 aromatic rings. The maximum Gasteiger partial charge on any atom is 0.154 e. The van der Waals surface area contributed by atoms with Gasteiger partial charge in [0, 0.05) is 13.1 Å². The van der Waals surface area contributed by atoms with Gasteiger partial charge in [0.2, 0.25) is 0 Å². The fourth-order valence-electron chi connectivity index (χ4n) is 2.26. The van der Waals surface area contributed by atoms with Crippen molar-refractivity contribution in [2.75, 3.05) is 29.5 Å². The molecule has 0 spiro atoms. The van der Waals surface area contributed by atoms with Gasteiger partial charge in [-0.15, -0.1) is 0 Å². The minimum absolute atomic E-state index is 0.193. The van der Waals surface area contributed by atoms with Crippen LogP contribution in [0.3, 0.4) is 0 Å². The summed E-state index contributed by atoms with van der Waals surface area (Å²) in [5.74, 6) is 0.193. The molecule has 0 atom stereocenters. The molecule has 1 aromatic carbocycles. The first kappa shape index (κ1) is 13.2. The van der Waals surface area contributed by atoms with Crippen molar-refractivity contribution in [3.8, 4) is 0 Å². The zero-order valence-electron chi connectivity index (χ0n) is 10.9. The molecule has 2 rings (SSSR count). The van der Waals surface area contributed by atoms with E-state index in [9.17, 15) is 8.42 Å². The number of hydrogen-bond donors (Lipinski definition) is 1. The van der Waals surface area contributed by atoms with Crippen LogP contribution in [0.5, 0.6) is 0 Å². The van der Waals surface area contributed by atoms with Gasteiger partial charge in [0.05, 0.1) is 22.4 Å². The molecule has 5 heteroatoms. The number of benzene rings is 1. The smallest absolute Gasteiger partial charge is 0.154 e. The van der Waals surface area contributed by atoms with Crippen molar-refractivity contribution >= 4 is 21.2 Å². The quantitative estimate of drug-likeness (QED) is 0.840. The molecule has 1 aliphatic rings. The predicted octanol–water partition coefficient (Wildman–Crippen LogP) is 1.45. The first-order valence-electron chi connectivity index (χ1n) is 6.25. The maximum atomic E-state index is 11.8. The topological polar surface area (TPSA) is 63.4 Å². The summed E-state index contributed by atoms with van der Waals surface area (Å²) in [4.78, 5) is 2.09. The lowest BCUT2D eigenvalue weighted by Crippen LogP contribution is -2.30. The molecular weight excluding hydrogens is 248 g/mol. The Morgan fingerprint density at radius 3 is 2.78 bits per heavy atom. The Morgan fingerprint density at radius 2 is 2.11 bits per heavy atom. The zero-order valence-corrected chi connectivity index (χ0v) is 11.7. The highest BCUT2D eigenvalue weighted by atomic mass is 32.2. The molecule has 0 unspecified atom stereocenters. The molecule has 100 valence electrons. The number of fused-ring (bicyclic) bond motifs is 1. The van der Waals surface area contributed by atoms with Crippen LogP contribution in [0.15, 0.2) is 18.2 Å². The molecule has 18 heavy (non-hydrogen) atoms. The number of hydrogen-bond acceptors (Lipinski definition) is 4. The second kappa shape index (κ2) is 4.80. The number of nitrogen functional groups attached to an aromatic ring is 1. The van der Waals surface area contributed by atoms with Crippen LogP contribution in [0.4, 0.5) is 11.4 Å². The average Bonchev–Trinajstić information content (AvgIpc) is 2.71. The predicted molar refractivity (Wildman–Crippen MR) is 75.7 cm³/mol. The van der Waals surface area contributed by atoms with E-state index in [0.717, 1.165) is 24.3 Å². The van der Waals surface area contributed by atoms with Crippen molar-refractivity contribution < 1.29 is 8.42 Å². The van der Waals surface area contributed by atoms with Crippen LogP contribution in [0.25, 0.3) is 0 Å². The molecule has 0 fully saturated rings. The van der Waals surface area contributed by atoms with Crippen LogP contribution in [-0.4, -0.2) is 32.5 Å². The summed E-state index contributed by atoms with van der Waals surface area (Å²) in [6, 6.07) is 5.87. The molecule has 0 aromatic heterocycles. The van der Waals surface area contributed by atoms with Gasteiger partial charge in [0.1, 0.15) is 0 Å². The summed E-state index contributed by atoms with van der Waals surface area (Å²) < 4.78 is 23.7. The first-order valence-corrected chi connectivity index (χ1v) is 7.97. The summed E-state index contributed by atoms with van der Waals surface area (Å²) in [5.41, 5.74) is 8.96. The lowest BCUT2D eigenvalue weighted by atomic mass is 10.1. The standard InChI is InChI=1S/C13H20N2O2S/c1-10(2)18(16,17)9-8-15-7-6-11-4-3-5-12(14)13(11)15/h3-5,10H,6-9,14H2,1-2H3. The van der Waals surface area contributed by atoms with Crippen molar-refractivity contribution in [3.05, 3.63) is 23.8 Å². The third kappa shape index (κ3) is 2.46. The third-order valence-corrected chi connectivity index (χ3v) is 5.67. The van der Waals surface area contributed by atoms with Crippen LogP contribution in [0, 0.1) is 0 Å². The highest BCUT2D eigenvalue weighted by Crippen LogP contribution is 2.33. The van der Waals surface area contributed by atoms with Crippen molar-refractivity contribution in [1.82, 2.24) is 0 Å². The summed E-state index contributed by atoms with van der Waals surface area (Å²) in [6.45, 7) is 4.84. The fourth-order valence-corrected chi connectivity index (χ4v) is 3.21. The van der Waals surface area contributed by atoms with E-state index in [0.29, 0.717) is 6.54 Å². The Bertz CT molecular complexity index is 538. The monoisotopic (exact) mass is 268 g/mol. The molecule has 0 saturated heterocycles. The van der Waals surface area contributed by atoms with Crippen LogP contribution in [0.2, 0.25) is 0 Å². The number of para-hydroxylation sites is 1. The van der Waals surface area contributed by atoms with Gasteiger partial charge in [0.15, 0.2) is 9.84 Å². The molecule has 0 amide bonds. The summed E-state index contributed by atoms with van der Waals surface area (Å²) >= 11 is 0. The van der Waals surface area contributed by atoms with Gasteiger partial charge in [-0.05, 0) is 31.9 Å². The van der Waals surface area contributed by atoms with Crippen molar-refractivity contribution in [1.29, 1.82) is 0 Å². The molecule has 0 aliphatic carbocycles. The normalized spacial score (nSPS) is 15.2. The Morgan fingerprint density at radius 1 is 1.39 bits per heavy atom. The van der Waals surface area contributed by atoms with Crippen molar-refractivity contribution in [3.63, 3.8) is 0 Å². The maximum absolute atomic E-state index is 11.8. The lowest BCUT2D eigenvalue weighted by Gasteiger charge is -2.21. The fraction of sp³-hybridized carbons (Fsp3) is 0.538. The van der Waals surface area contributed by atoms with E-state index in [1.54, 1.807) is 13.8 Å². The average molecular weight is 268 g/mol.